The van der Waals surface area contributed by atoms with Crippen LogP contribution in [-0.4, -0.2) is 36.6 Å². The van der Waals surface area contributed by atoms with E-state index in [1.165, 1.54) is 0 Å². The van der Waals surface area contributed by atoms with Gasteiger partial charge in [-0.05, 0) is 43.9 Å². The Morgan fingerprint density at radius 3 is 1.71 bits per heavy atom. The lowest BCUT2D eigenvalue weighted by atomic mass is 9.76. The molecule has 2 unspecified atom stereocenters. The molecule has 138 valence electrons. The normalized spacial score (nSPS) is 14.9. The number of hydrogen-bond acceptors (Lipinski definition) is 5. The van der Waals surface area contributed by atoms with Crippen LogP contribution < -0.4 is 14.2 Å². The summed E-state index contributed by atoms with van der Waals surface area (Å²) < 4.78 is 16.8. The van der Waals surface area contributed by atoms with Gasteiger partial charge in [0, 0.05) is 12.5 Å². The molecular formula is C19H32O5. The highest BCUT2D eigenvalue weighted by molar-refractivity contribution is 5.54. The van der Waals surface area contributed by atoms with Crippen molar-refractivity contribution in [2.45, 2.75) is 53.2 Å². The maximum Gasteiger partial charge on any atom is 0.204 e. The van der Waals surface area contributed by atoms with Crippen LogP contribution in [-0.2, 0) is 0 Å². The molecule has 0 heterocycles. The molecule has 0 aromatic heterocycles. The Morgan fingerprint density at radius 1 is 0.958 bits per heavy atom. The summed E-state index contributed by atoms with van der Waals surface area (Å²) in [5.74, 6) is 1.16. The number of ether oxygens (including phenoxy) is 3. The second-order valence-corrected chi connectivity index (χ2v) is 8.07. The predicted octanol–water partition coefficient (Wildman–Crippen LogP) is 3.57. The van der Waals surface area contributed by atoms with Gasteiger partial charge < -0.3 is 24.4 Å². The molecule has 0 bridgehead atoms. The molecule has 0 radical (unpaired) electrons. The quantitative estimate of drug-likeness (QED) is 0.828. The van der Waals surface area contributed by atoms with E-state index in [2.05, 4.69) is 0 Å². The van der Waals surface area contributed by atoms with Crippen LogP contribution in [0.5, 0.6) is 17.2 Å². The summed E-state index contributed by atoms with van der Waals surface area (Å²) in [6, 6.07) is 3.48. The van der Waals surface area contributed by atoms with Gasteiger partial charge in [-0.15, -0.1) is 0 Å². The van der Waals surface area contributed by atoms with E-state index in [4.69, 9.17) is 14.2 Å². The minimum Gasteiger partial charge on any atom is -0.493 e. The van der Waals surface area contributed by atoms with Gasteiger partial charge in [0.25, 0.3) is 0 Å². The van der Waals surface area contributed by atoms with Crippen LogP contribution in [0.1, 0.15) is 53.2 Å². The van der Waals surface area contributed by atoms with E-state index >= 15 is 0 Å². The Kier molecular flexibility index (Phi) is 6.53. The predicted molar refractivity (Wildman–Crippen MR) is 94.9 cm³/mol. The zero-order valence-corrected chi connectivity index (χ0v) is 16.1. The molecule has 0 fully saturated rings. The fourth-order valence-corrected chi connectivity index (χ4v) is 2.56. The molecule has 2 atom stereocenters. The number of methoxy groups -OCH3 is 2. The van der Waals surface area contributed by atoms with E-state index in [9.17, 15) is 10.2 Å². The highest BCUT2D eigenvalue weighted by Crippen LogP contribution is 2.44. The van der Waals surface area contributed by atoms with Gasteiger partial charge in [0.15, 0.2) is 11.5 Å². The molecule has 0 saturated carbocycles. The van der Waals surface area contributed by atoms with Gasteiger partial charge >= 0.3 is 0 Å². The van der Waals surface area contributed by atoms with Crippen LogP contribution in [0.2, 0.25) is 0 Å². The molecule has 24 heavy (non-hydrogen) atoms. The average molecular weight is 340 g/mol. The van der Waals surface area contributed by atoms with Crippen molar-refractivity contribution in [3.8, 4) is 17.2 Å². The van der Waals surface area contributed by atoms with E-state index in [1.807, 2.05) is 41.5 Å². The third kappa shape index (κ3) is 5.02. The van der Waals surface area contributed by atoms with Gasteiger partial charge in [-0.25, -0.2) is 0 Å². The lowest BCUT2D eigenvalue weighted by Crippen LogP contribution is -2.30. The van der Waals surface area contributed by atoms with Crippen LogP contribution >= 0.6 is 0 Å². The van der Waals surface area contributed by atoms with Crippen molar-refractivity contribution in [2.75, 3.05) is 20.8 Å². The van der Waals surface area contributed by atoms with Crippen molar-refractivity contribution in [2.24, 2.45) is 11.3 Å². The lowest BCUT2D eigenvalue weighted by Gasteiger charge is -2.33. The highest BCUT2D eigenvalue weighted by atomic mass is 16.5. The second-order valence-electron chi connectivity index (χ2n) is 8.07. The van der Waals surface area contributed by atoms with Crippen LogP contribution in [0.3, 0.4) is 0 Å². The third-order valence-corrected chi connectivity index (χ3v) is 3.92. The minimum absolute atomic E-state index is 0.116. The third-order valence-electron chi connectivity index (χ3n) is 3.92. The van der Waals surface area contributed by atoms with E-state index < -0.39 is 11.7 Å². The van der Waals surface area contributed by atoms with E-state index in [0.717, 1.165) is 0 Å². The highest BCUT2D eigenvalue weighted by Gasteiger charge is 2.33. The first-order valence-corrected chi connectivity index (χ1v) is 8.18. The van der Waals surface area contributed by atoms with Gasteiger partial charge in [-0.1, -0.05) is 20.8 Å². The molecule has 0 aliphatic rings. The summed E-state index contributed by atoms with van der Waals surface area (Å²) in [6.45, 7) is 11.7. The minimum atomic E-state index is -0.846. The topological polar surface area (TPSA) is 68.2 Å². The maximum absolute atomic E-state index is 10.8. The Morgan fingerprint density at radius 2 is 1.42 bits per heavy atom. The summed E-state index contributed by atoms with van der Waals surface area (Å²) in [7, 11) is 3.10. The van der Waals surface area contributed by atoms with Crippen molar-refractivity contribution in [1.82, 2.24) is 0 Å². The van der Waals surface area contributed by atoms with Gasteiger partial charge in [0.05, 0.1) is 20.3 Å². The van der Waals surface area contributed by atoms with E-state index in [-0.39, 0.29) is 17.9 Å². The molecule has 5 heteroatoms. The Hall–Kier alpha value is -1.46. The molecule has 0 aliphatic carbocycles. The fourth-order valence-electron chi connectivity index (χ4n) is 2.56. The molecule has 1 aromatic carbocycles. The molecule has 5 nitrogen and oxygen atoms in total. The zero-order valence-electron chi connectivity index (χ0n) is 16.1. The summed E-state index contributed by atoms with van der Waals surface area (Å²) in [5, 5.41) is 20.5. The molecule has 1 rings (SSSR count). The molecule has 0 saturated heterocycles. The molecular weight excluding hydrogens is 308 g/mol. The summed E-state index contributed by atoms with van der Waals surface area (Å²) >= 11 is 0. The first-order valence-electron chi connectivity index (χ1n) is 8.18. The van der Waals surface area contributed by atoms with Crippen molar-refractivity contribution in [1.29, 1.82) is 0 Å². The number of hydrogen-bond donors (Lipinski definition) is 2. The molecule has 2 N–H and O–H groups in total. The van der Waals surface area contributed by atoms with Crippen molar-refractivity contribution in [3.05, 3.63) is 17.7 Å². The van der Waals surface area contributed by atoms with Crippen molar-refractivity contribution in [3.63, 3.8) is 0 Å². The molecule has 1 aromatic rings. The van der Waals surface area contributed by atoms with E-state index in [1.54, 1.807) is 26.4 Å². The van der Waals surface area contributed by atoms with Gasteiger partial charge in [-0.3, -0.25) is 0 Å². The number of benzene rings is 1. The number of aliphatic hydroxyl groups excluding tert-OH is 2. The van der Waals surface area contributed by atoms with Gasteiger partial charge in [0.1, 0.15) is 5.60 Å². The molecule has 0 amide bonds. The Bertz CT molecular complexity index is 515. The average Bonchev–Trinajstić information content (AvgIpc) is 2.44. The number of rotatable bonds is 6. The monoisotopic (exact) mass is 340 g/mol. The van der Waals surface area contributed by atoms with E-state index in [0.29, 0.717) is 22.8 Å². The molecule has 0 spiro atoms. The first kappa shape index (κ1) is 20.6. The maximum atomic E-state index is 10.8. The largest absolute Gasteiger partial charge is 0.493 e. The first-order chi connectivity index (χ1) is 10.9. The lowest BCUT2D eigenvalue weighted by molar-refractivity contribution is 0.00391. The Balaban J connectivity index is 3.37. The molecule has 0 aliphatic heterocycles. The Labute approximate surface area is 145 Å². The van der Waals surface area contributed by atoms with Crippen LogP contribution in [0.15, 0.2) is 12.1 Å². The second kappa shape index (κ2) is 7.62. The SMILES string of the molecule is COc1cc(C(O)C(CO)C(C)(C)C)cc(OC)c1OC(C)(C)C. The van der Waals surface area contributed by atoms with Crippen LogP contribution in [0, 0.1) is 11.3 Å². The summed E-state index contributed by atoms with van der Waals surface area (Å²) in [5.41, 5.74) is -0.0477. The zero-order chi connectivity index (χ0) is 18.7. The summed E-state index contributed by atoms with van der Waals surface area (Å²) in [6.07, 6.45) is -0.846. The van der Waals surface area contributed by atoms with Gasteiger partial charge in [0.2, 0.25) is 5.75 Å². The van der Waals surface area contributed by atoms with Crippen LogP contribution in [0.25, 0.3) is 0 Å². The van der Waals surface area contributed by atoms with Crippen molar-refractivity contribution >= 4 is 0 Å². The summed E-state index contributed by atoms with van der Waals surface area (Å²) in [4.78, 5) is 0. The smallest absolute Gasteiger partial charge is 0.204 e. The standard InChI is InChI=1S/C19H32O5/c1-18(2,3)13(11-20)16(21)12-9-14(22-7)17(15(10-12)23-8)24-19(4,5)6/h9-10,13,16,20-21H,11H2,1-8H3. The number of aliphatic hydroxyl groups is 2. The van der Waals surface area contributed by atoms with Gasteiger partial charge in [-0.2, -0.15) is 0 Å². The van der Waals surface area contributed by atoms with Crippen molar-refractivity contribution < 1.29 is 24.4 Å². The van der Waals surface area contributed by atoms with Crippen LogP contribution in [0.4, 0.5) is 0 Å². The fraction of sp³-hybridized carbons (Fsp3) is 0.684.